The van der Waals surface area contributed by atoms with Crippen LogP contribution in [0.1, 0.15) is 36.0 Å². The molecule has 194 valence electrons. The third-order valence-corrected chi connectivity index (χ3v) is 8.77. The number of benzene rings is 3. The molecule has 3 aromatic carbocycles. The van der Waals surface area contributed by atoms with Crippen molar-refractivity contribution in [2.45, 2.75) is 50.3 Å². The zero-order chi connectivity index (χ0) is 25.8. The summed E-state index contributed by atoms with van der Waals surface area (Å²) in [7, 11) is -3.87. The number of piperidine rings is 1. The molecule has 5 rings (SSSR count). The molecule has 1 amide bonds. The second-order valence-electron chi connectivity index (χ2n) is 9.79. The van der Waals surface area contributed by atoms with Gasteiger partial charge in [0.05, 0.1) is 17.1 Å². The third kappa shape index (κ3) is 5.81. The fourth-order valence-corrected chi connectivity index (χ4v) is 6.32. The van der Waals surface area contributed by atoms with E-state index in [1.807, 2.05) is 19.1 Å². The number of rotatable bonds is 7. The van der Waals surface area contributed by atoms with E-state index in [-0.39, 0.29) is 17.3 Å². The van der Waals surface area contributed by atoms with Crippen molar-refractivity contribution in [1.82, 2.24) is 10.2 Å². The Morgan fingerprint density at radius 1 is 0.919 bits per heavy atom. The summed E-state index contributed by atoms with van der Waals surface area (Å²) in [5.41, 5.74) is 3.65. The number of anilines is 1. The van der Waals surface area contributed by atoms with Crippen molar-refractivity contribution in [3.63, 3.8) is 0 Å². The molecule has 1 unspecified atom stereocenters. The molecule has 1 fully saturated rings. The minimum atomic E-state index is -3.87. The molecule has 2 heterocycles. The highest BCUT2D eigenvalue weighted by Gasteiger charge is 2.37. The SMILES string of the molecule is Cc1ccc(S(=O)(=O)N2CC(C(=O)NCc3ccc(CN4CCCCC4)cc3)Oc3ccccc32)cc1. The summed E-state index contributed by atoms with van der Waals surface area (Å²) >= 11 is 0. The second kappa shape index (κ2) is 10.9. The van der Waals surface area contributed by atoms with Crippen LogP contribution in [0.4, 0.5) is 5.69 Å². The summed E-state index contributed by atoms with van der Waals surface area (Å²) in [4.78, 5) is 15.8. The van der Waals surface area contributed by atoms with Crippen LogP contribution in [-0.2, 0) is 27.9 Å². The number of nitrogens with zero attached hydrogens (tertiary/aromatic N) is 2. The maximum absolute atomic E-state index is 13.5. The van der Waals surface area contributed by atoms with Crippen LogP contribution in [0, 0.1) is 6.92 Å². The van der Waals surface area contributed by atoms with Gasteiger partial charge in [-0.25, -0.2) is 8.42 Å². The molecule has 0 aromatic heterocycles. The molecule has 2 aliphatic heterocycles. The lowest BCUT2D eigenvalue weighted by molar-refractivity contribution is -0.127. The lowest BCUT2D eigenvalue weighted by Crippen LogP contribution is -2.50. The maximum atomic E-state index is 13.5. The van der Waals surface area contributed by atoms with Gasteiger partial charge in [-0.3, -0.25) is 14.0 Å². The van der Waals surface area contributed by atoms with Crippen molar-refractivity contribution in [1.29, 1.82) is 0 Å². The quantitative estimate of drug-likeness (QED) is 0.505. The van der Waals surface area contributed by atoms with Crippen LogP contribution >= 0.6 is 0 Å². The van der Waals surface area contributed by atoms with Gasteiger partial charge >= 0.3 is 0 Å². The van der Waals surface area contributed by atoms with E-state index in [0.717, 1.165) is 30.8 Å². The van der Waals surface area contributed by atoms with Gasteiger partial charge in [-0.05, 0) is 68.2 Å². The summed E-state index contributed by atoms with van der Waals surface area (Å²) in [5, 5.41) is 2.92. The van der Waals surface area contributed by atoms with Gasteiger partial charge in [0, 0.05) is 13.1 Å². The molecule has 1 N–H and O–H groups in total. The van der Waals surface area contributed by atoms with Crippen LogP contribution in [0.25, 0.3) is 0 Å². The Balaban J connectivity index is 1.26. The monoisotopic (exact) mass is 519 g/mol. The number of amides is 1. The van der Waals surface area contributed by atoms with Crippen molar-refractivity contribution in [2.75, 3.05) is 23.9 Å². The average molecular weight is 520 g/mol. The smallest absolute Gasteiger partial charge is 0.264 e. The highest BCUT2D eigenvalue weighted by atomic mass is 32.2. The maximum Gasteiger partial charge on any atom is 0.264 e. The van der Waals surface area contributed by atoms with Gasteiger partial charge in [0.1, 0.15) is 5.75 Å². The summed E-state index contributed by atoms with van der Waals surface area (Å²) < 4.78 is 34.3. The van der Waals surface area contributed by atoms with Crippen LogP contribution in [-0.4, -0.2) is 45.0 Å². The molecular formula is C29H33N3O4S. The first-order chi connectivity index (χ1) is 17.9. The van der Waals surface area contributed by atoms with Crippen LogP contribution < -0.4 is 14.4 Å². The molecule has 0 saturated carbocycles. The molecule has 7 nitrogen and oxygen atoms in total. The molecule has 3 aromatic rings. The Kier molecular flexibility index (Phi) is 7.48. The van der Waals surface area contributed by atoms with Crippen molar-refractivity contribution in [2.24, 2.45) is 0 Å². The zero-order valence-corrected chi connectivity index (χ0v) is 21.9. The second-order valence-corrected chi connectivity index (χ2v) is 11.7. The minimum Gasteiger partial charge on any atom is -0.476 e. The van der Waals surface area contributed by atoms with E-state index in [1.165, 1.54) is 29.1 Å². The van der Waals surface area contributed by atoms with Crippen molar-refractivity contribution in [3.8, 4) is 5.75 Å². The normalized spacial score (nSPS) is 18.1. The van der Waals surface area contributed by atoms with Gasteiger partial charge in [-0.15, -0.1) is 0 Å². The number of aryl methyl sites for hydroxylation is 1. The molecule has 0 radical (unpaired) electrons. The van der Waals surface area contributed by atoms with E-state index in [2.05, 4.69) is 22.3 Å². The number of carbonyl (C=O) groups is 1. The average Bonchev–Trinajstić information content (AvgIpc) is 2.92. The Morgan fingerprint density at radius 3 is 2.32 bits per heavy atom. The van der Waals surface area contributed by atoms with E-state index in [9.17, 15) is 13.2 Å². The van der Waals surface area contributed by atoms with Crippen LogP contribution in [0.2, 0.25) is 0 Å². The molecule has 1 saturated heterocycles. The highest BCUT2D eigenvalue weighted by Crippen LogP contribution is 2.36. The fraction of sp³-hybridized carbons (Fsp3) is 0.345. The van der Waals surface area contributed by atoms with Crippen LogP contribution in [0.15, 0.2) is 77.7 Å². The molecule has 8 heteroatoms. The summed E-state index contributed by atoms with van der Waals surface area (Å²) in [6, 6.07) is 21.9. The number of nitrogens with one attached hydrogen (secondary N) is 1. The minimum absolute atomic E-state index is 0.103. The first kappa shape index (κ1) is 25.3. The number of fused-ring (bicyclic) bond motifs is 1. The van der Waals surface area contributed by atoms with Gasteiger partial charge in [-0.1, -0.05) is 60.5 Å². The van der Waals surface area contributed by atoms with E-state index in [1.54, 1.807) is 48.5 Å². The predicted molar refractivity (Wildman–Crippen MR) is 144 cm³/mol. The molecule has 0 spiro atoms. The van der Waals surface area contributed by atoms with Crippen molar-refractivity contribution in [3.05, 3.63) is 89.5 Å². The van der Waals surface area contributed by atoms with Gasteiger partial charge in [0.2, 0.25) is 0 Å². The molecule has 0 bridgehead atoms. The Hall–Kier alpha value is -3.36. The Labute approximate surface area is 219 Å². The van der Waals surface area contributed by atoms with E-state index >= 15 is 0 Å². The number of carbonyl (C=O) groups excluding carboxylic acids is 1. The highest BCUT2D eigenvalue weighted by molar-refractivity contribution is 7.92. The Morgan fingerprint density at radius 2 is 1.59 bits per heavy atom. The number of sulfonamides is 1. The topological polar surface area (TPSA) is 79.0 Å². The fourth-order valence-electron chi connectivity index (χ4n) is 4.85. The number of ether oxygens (including phenoxy) is 1. The standard InChI is InChI=1S/C29H33N3O4S/c1-22-9-15-25(16-10-22)37(34,35)32-21-28(36-27-8-4-3-7-26(27)32)29(33)30-19-23-11-13-24(14-12-23)20-31-17-5-2-6-18-31/h3-4,7-16,28H,2,5-6,17-21H2,1H3,(H,30,33). The zero-order valence-electron chi connectivity index (χ0n) is 21.1. The van der Waals surface area contributed by atoms with Gasteiger partial charge in [0.25, 0.3) is 15.9 Å². The first-order valence-corrected chi connectivity index (χ1v) is 14.3. The first-order valence-electron chi connectivity index (χ1n) is 12.8. The van der Waals surface area contributed by atoms with E-state index in [4.69, 9.17) is 4.74 Å². The van der Waals surface area contributed by atoms with Crippen LogP contribution in [0.5, 0.6) is 5.75 Å². The van der Waals surface area contributed by atoms with E-state index in [0.29, 0.717) is 18.0 Å². The van der Waals surface area contributed by atoms with Crippen LogP contribution in [0.3, 0.4) is 0 Å². The van der Waals surface area contributed by atoms with Gasteiger partial charge in [-0.2, -0.15) is 0 Å². The number of para-hydroxylation sites is 2. The largest absolute Gasteiger partial charge is 0.476 e. The van der Waals surface area contributed by atoms with Gasteiger partial charge in [0.15, 0.2) is 6.10 Å². The lowest BCUT2D eigenvalue weighted by atomic mass is 10.1. The summed E-state index contributed by atoms with van der Waals surface area (Å²) in [6.07, 6.45) is 2.89. The lowest BCUT2D eigenvalue weighted by Gasteiger charge is -2.34. The molecule has 1 atom stereocenters. The number of hydrogen-bond acceptors (Lipinski definition) is 5. The predicted octanol–water partition coefficient (Wildman–Crippen LogP) is 4.25. The molecule has 2 aliphatic rings. The van der Waals surface area contributed by atoms with E-state index < -0.39 is 16.1 Å². The summed E-state index contributed by atoms with van der Waals surface area (Å²) in [6.45, 7) is 5.40. The van der Waals surface area contributed by atoms with Gasteiger partial charge < -0.3 is 10.1 Å². The molecule has 37 heavy (non-hydrogen) atoms. The number of hydrogen-bond donors (Lipinski definition) is 1. The number of likely N-dealkylation sites (tertiary alicyclic amines) is 1. The van der Waals surface area contributed by atoms with Crippen molar-refractivity contribution < 1.29 is 17.9 Å². The molecular weight excluding hydrogens is 486 g/mol. The summed E-state index contributed by atoms with van der Waals surface area (Å²) in [5.74, 6) is 0.0163. The third-order valence-electron chi connectivity index (χ3n) is 6.98. The van der Waals surface area contributed by atoms with Crippen molar-refractivity contribution >= 4 is 21.6 Å². The molecule has 0 aliphatic carbocycles. The Bertz CT molecular complexity index is 1330.